The van der Waals surface area contributed by atoms with Crippen LogP contribution in [0.5, 0.6) is 0 Å². The van der Waals surface area contributed by atoms with E-state index in [4.69, 9.17) is 10.5 Å². The number of aromatic nitrogens is 1. The highest BCUT2D eigenvalue weighted by Gasteiger charge is 2.21. The molecule has 0 fully saturated rings. The van der Waals surface area contributed by atoms with E-state index in [-0.39, 0.29) is 5.69 Å². The third-order valence-electron chi connectivity index (χ3n) is 3.20. The summed E-state index contributed by atoms with van der Waals surface area (Å²) in [4.78, 5) is 39.3. The Hall–Kier alpha value is -3.20. The molecule has 4 N–H and O–H groups in total. The number of nitrogens with zero attached hydrogens (tertiary/aromatic N) is 1. The van der Waals surface area contributed by atoms with Crippen molar-refractivity contribution in [3.63, 3.8) is 0 Å². The van der Waals surface area contributed by atoms with Gasteiger partial charge in [0.15, 0.2) is 16.9 Å². The van der Waals surface area contributed by atoms with Gasteiger partial charge >= 0.3 is 5.97 Å². The van der Waals surface area contributed by atoms with Crippen LogP contribution in [0.15, 0.2) is 42.3 Å². The molecule has 1 atom stereocenters. The lowest BCUT2D eigenvalue weighted by Crippen LogP contribution is -2.30. The molecule has 9 heteroatoms. The van der Waals surface area contributed by atoms with Crippen LogP contribution in [-0.4, -0.2) is 35.4 Å². The first-order chi connectivity index (χ1) is 12.4. The second kappa shape index (κ2) is 8.77. The van der Waals surface area contributed by atoms with Crippen LogP contribution < -0.4 is 16.4 Å². The van der Waals surface area contributed by atoms with Crippen LogP contribution in [0.1, 0.15) is 27.8 Å². The third-order valence-corrected chi connectivity index (χ3v) is 4.00. The van der Waals surface area contributed by atoms with Crippen LogP contribution >= 0.6 is 11.3 Å². The Bertz CT molecular complexity index is 816. The number of benzene rings is 1. The number of ether oxygens (including phenoxy) is 1. The first-order valence-corrected chi connectivity index (χ1v) is 8.50. The summed E-state index contributed by atoms with van der Waals surface area (Å²) in [6, 6.07) is 6.04. The Morgan fingerprint density at radius 3 is 2.65 bits per heavy atom. The van der Waals surface area contributed by atoms with Crippen molar-refractivity contribution >= 4 is 39.9 Å². The van der Waals surface area contributed by atoms with Gasteiger partial charge < -0.3 is 21.1 Å². The molecule has 0 radical (unpaired) electrons. The Labute approximate surface area is 154 Å². The van der Waals surface area contributed by atoms with E-state index in [1.807, 2.05) is 0 Å². The lowest BCUT2D eigenvalue weighted by atomic mass is 10.2. The highest BCUT2D eigenvalue weighted by Crippen LogP contribution is 2.17. The van der Waals surface area contributed by atoms with E-state index in [0.717, 1.165) is 0 Å². The van der Waals surface area contributed by atoms with E-state index in [2.05, 4.69) is 22.2 Å². The number of nitrogens with two attached hydrogens (primary N) is 1. The largest absolute Gasteiger partial charge is 0.448 e. The second-order valence-electron chi connectivity index (χ2n) is 5.19. The van der Waals surface area contributed by atoms with Crippen molar-refractivity contribution in [2.45, 2.75) is 13.0 Å². The van der Waals surface area contributed by atoms with Gasteiger partial charge in [-0.25, -0.2) is 9.78 Å². The number of amides is 2. The number of rotatable bonds is 8. The Morgan fingerprint density at radius 2 is 2.04 bits per heavy atom. The van der Waals surface area contributed by atoms with Gasteiger partial charge in [-0.05, 0) is 31.2 Å². The van der Waals surface area contributed by atoms with Crippen LogP contribution in [0.2, 0.25) is 0 Å². The van der Waals surface area contributed by atoms with E-state index in [9.17, 15) is 14.4 Å². The maximum atomic E-state index is 12.1. The predicted molar refractivity (Wildman–Crippen MR) is 99.3 cm³/mol. The van der Waals surface area contributed by atoms with Crippen LogP contribution in [0.3, 0.4) is 0 Å². The molecule has 0 bridgehead atoms. The topological polar surface area (TPSA) is 123 Å². The molecular weight excluding hydrogens is 356 g/mol. The SMILES string of the molecule is C=CCNc1nc(C(=O)O[C@H](C)C(=O)Nc2ccc(C(N)=O)cc2)cs1. The summed E-state index contributed by atoms with van der Waals surface area (Å²) in [6.45, 7) is 5.56. The zero-order chi connectivity index (χ0) is 19.1. The summed E-state index contributed by atoms with van der Waals surface area (Å²) in [5, 5.41) is 7.65. The van der Waals surface area contributed by atoms with Crippen molar-refractivity contribution in [1.82, 2.24) is 4.98 Å². The van der Waals surface area contributed by atoms with Crippen molar-refractivity contribution in [1.29, 1.82) is 0 Å². The summed E-state index contributed by atoms with van der Waals surface area (Å²) >= 11 is 1.25. The van der Waals surface area contributed by atoms with Gasteiger partial charge in [0.1, 0.15) is 0 Å². The Kier molecular flexibility index (Phi) is 6.45. The van der Waals surface area contributed by atoms with Gasteiger partial charge in [-0.2, -0.15) is 0 Å². The third kappa shape index (κ3) is 5.15. The van der Waals surface area contributed by atoms with E-state index in [1.54, 1.807) is 11.5 Å². The quantitative estimate of drug-likeness (QED) is 0.480. The van der Waals surface area contributed by atoms with Gasteiger partial charge in [-0.15, -0.1) is 17.9 Å². The molecule has 26 heavy (non-hydrogen) atoms. The van der Waals surface area contributed by atoms with Crippen LogP contribution in [0.25, 0.3) is 0 Å². The minimum atomic E-state index is -1.02. The summed E-state index contributed by atoms with van der Waals surface area (Å²) in [5.41, 5.74) is 6.05. The molecule has 0 spiro atoms. The average Bonchev–Trinajstić information content (AvgIpc) is 3.09. The monoisotopic (exact) mass is 374 g/mol. The fraction of sp³-hybridized carbons (Fsp3) is 0.176. The number of carbonyl (C=O) groups is 3. The summed E-state index contributed by atoms with van der Waals surface area (Å²) < 4.78 is 5.12. The fourth-order valence-electron chi connectivity index (χ4n) is 1.84. The molecule has 136 valence electrons. The van der Waals surface area contributed by atoms with E-state index < -0.39 is 23.9 Å². The molecule has 1 aromatic carbocycles. The fourth-order valence-corrected chi connectivity index (χ4v) is 2.53. The van der Waals surface area contributed by atoms with Gasteiger partial charge in [-0.1, -0.05) is 6.08 Å². The van der Waals surface area contributed by atoms with E-state index in [1.165, 1.54) is 42.5 Å². The number of carbonyl (C=O) groups excluding carboxylic acids is 3. The number of thiazole rings is 1. The average molecular weight is 374 g/mol. The Balaban J connectivity index is 1.91. The van der Waals surface area contributed by atoms with Gasteiger partial charge in [0.2, 0.25) is 5.91 Å². The molecule has 8 nitrogen and oxygen atoms in total. The van der Waals surface area contributed by atoms with Crippen LogP contribution in [0, 0.1) is 0 Å². The van der Waals surface area contributed by atoms with Crippen molar-refractivity contribution in [3.8, 4) is 0 Å². The van der Waals surface area contributed by atoms with Gasteiger partial charge in [-0.3, -0.25) is 9.59 Å². The zero-order valence-electron chi connectivity index (χ0n) is 14.0. The van der Waals surface area contributed by atoms with E-state index in [0.29, 0.717) is 22.9 Å². The molecular formula is C17H18N4O4S. The number of anilines is 2. The van der Waals surface area contributed by atoms with E-state index >= 15 is 0 Å². The van der Waals surface area contributed by atoms with Crippen molar-refractivity contribution in [3.05, 3.63) is 53.6 Å². The van der Waals surface area contributed by atoms with Crippen molar-refractivity contribution in [2.75, 3.05) is 17.2 Å². The summed E-state index contributed by atoms with van der Waals surface area (Å²) in [5.74, 6) is -1.76. The maximum absolute atomic E-state index is 12.1. The molecule has 0 saturated carbocycles. The molecule has 0 aliphatic heterocycles. The van der Waals surface area contributed by atoms with Crippen molar-refractivity contribution < 1.29 is 19.1 Å². The first-order valence-electron chi connectivity index (χ1n) is 7.62. The Morgan fingerprint density at radius 1 is 1.35 bits per heavy atom. The highest BCUT2D eigenvalue weighted by molar-refractivity contribution is 7.13. The minimum absolute atomic E-state index is 0.118. The lowest BCUT2D eigenvalue weighted by Gasteiger charge is -2.13. The summed E-state index contributed by atoms with van der Waals surface area (Å²) in [7, 11) is 0. The molecule has 2 aromatic rings. The van der Waals surface area contributed by atoms with Crippen LogP contribution in [0.4, 0.5) is 10.8 Å². The lowest BCUT2D eigenvalue weighted by molar-refractivity contribution is -0.123. The molecule has 2 amide bonds. The second-order valence-corrected chi connectivity index (χ2v) is 6.04. The molecule has 0 unspecified atom stereocenters. The number of nitrogens with one attached hydrogen (secondary N) is 2. The molecule has 1 aromatic heterocycles. The minimum Gasteiger partial charge on any atom is -0.448 e. The molecule has 2 rings (SSSR count). The smallest absolute Gasteiger partial charge is 0.358 e. The number of esters is 1. The van der Waals surface area contributed by atoms with Gasteiger partial charge in [0.25, 0.3) is 5.91 Å². The van der Waals surface area contributed by atoms with Gasteiger partial charge in [0, 0.05) is 23.2 Å². The molecule has 1 heterocycles. The standard InChI is InChI=1S/C17H18N4O4S/c1-3-8-19-17-21-13(9-26-17)16(24)25-10(2)15(23)20-12-6-4-11(5-7-12)14(18)22/h3-7,9-10H,1,8H2,2H3,(H2,18,22)(H,19,21)(H,20,23)/t10-/m1/s1. The molecule has 0 saturated heterocycles. The van der Waals surface area contributed by atoms with Crippen LogP contribution in [-0.2, 0) is 9.53 Å². The number of hydrogen-bond donors (Lipinski definition) is 3. The number of primary amides is 1. The number of hydrogen-bond acceptors (Lipinski definition) is 7. The molecule has 0 aliphatic carbocycles. The predicted octanol–water partition coefficient (Wildman–Crippen LogP) is 2.02. The maximum Gasteiger partial charge on any atom is 0.358 e. The zero-order valence-corrected chi connectivity index (χ0v) is 14.8. The highest BCUT2D eigenvalue weighted by atomic mass is 32.1. The molecule has 0 aliphatic rings. The first kappa shape index (κ1) is 19.1. The summed E-state index contributed by atoms with van der Waals surface area (Å²) in [6.07, 6.45) is 0.645. The normalized spacial score (nSPS) is 11.3. The van der Waals surface area contributed by atoms with Gasteiger partial charge in [0.05, 0.1) is 0 Å². The van der Waals surface area contributed by atoms with Crippen molar-refractivity contribution in [2.24, 2.45) is 5.73 Å².